The minimum atomic E-state index is 0.349. The molecule has 2 rings (SSSR count). The van der Waals surface area contributed by atoms with Crippen molar-refractivity contribution in [2.75, 3.05) is 19.0 Å². The highest BCUT2D eigenvalue weighted by atomic mass is 35.5. The van der Waals surface area contributed by atoms with Crippen molar-refractivity contribution >= 4 is 17.5 Å². The van der Waals surface area contributed by atoms with Crippen LogP contribution in [-0.2, 0) is 4.79 Å². The highest BCUT2D eigenvalue weighted by Crippen LogP contribution is 2.49. The van der Waals surface area contributed by atoms with Gasteiger partial charge in [0.25, 0.3) is 0 Å². The van der Waals surface area contributed by atoms with Crippen molar-refractivity contribution in [3.8, 4) is 0 Å². The molecule has 0 aromatic rings. The summed E-state index contributed by atoms with van der Waals surface area (Å²) in [4.78, 5) is 14.3. The topological polar surface area (TPSA) is 20.3 Å². The Morgan fingerprint density at radius 2 is 2.11 bits per heavy atom. The van der Waals surface area contributed by atoms with Crippen LogP contribution in [0.3, 0.4) is 0 Å². The van der Waals surface area contributed by atoms with E-state index in [0.29, 0.717) is 17.7 Å². The summed E-state index contributed by atoms with van der Waals surface area (Å²) >= 11 is 5.81. The van der Waals surface area contributed by atoms with Gasteiger partial charge in [-0.15, -0.1) is 11.6 Å². The molecule has 0 saturated heterocycles. The van der Waals surface area contributed by atoms with Crippen LogP contribution in [0.1, 0.15) is 51.9 Å². The number of carbonyl (C=O) groups excluding carboxylic acids is 1. The van der Waals surface area contributed by atoms with Crippen LogP contribution in [-0.4, -0.2) is 29.8 Å². The number of amides is 1. The van der Waals surface area contributed by atoms with Crippen LogP contribution in [0.2, 0.25) is 0 Å². The van der Waals surface area contributed by atoms with Crippen LogP contribution >= 0.6 is 11.6 Å². The predicted octanol–water partition coefficient (Wildman–Crippen LogP) is 3.68. The number of halogens is 1. The van der Waals surface area contributed by atoms with Gasteiger partial charge in [0.2, 0.25) is 5.91 Å². The van der Waals surface area contributed by atoms with E-state index in [2.05, 4.69) is 6.92 Å². The van der Waals surface area contributed by atoms with Crippen LogP contribution < -0.4 is 0 Å². The molecule has 0 heterocycles. The molecule has 1 amide bonds. The van der Waals surface area contributed by atoms with Crippen molar-refractivity contribution in [3.63, 3.8) is 0 Å². The Balaban J connectivity index is 1.80. The second-order valence-electron chi connectivity index (χ2n) is 6.06. The molecule has 0 N–H and O–H groups in total. The standard InChI is InChI=1S/C15H26ClNO/c1-2-3-7-17(8-6-16)15(18)11-14-10-12-4-5-13(14)9-12/h12-14H,2-11H2,1H3. The van der Waals surface area contributed by atoms with Crippen molar-refractivity contribution in [1.82, 2.24) is 4.90 Å². The fourth-order valence-electron chi connectivity index (χ4n) is 3.79. The van der Waals surface area contributed by atoms with Crippen molar-refractivity contribution in [1.29, 1.82) is 0 Å². The Hall–Kier alpha value is -0.240. The molecule has 3 atom stereocenters. The Labute approximate surface area is 116 Å². The third-order valence-corrected chi connectivity index (χ3v) is 4.98. The number of fused-ring (bicyclic) bond motifs is 2. The van der Waals surface area contributed by atoms with E-state index in [9.17, 15) is 4.79 Å². The Morgan fingerprint density at radius 1 is 1.28 bits per heavy atom. The molecule has 3 heteroatoms. The number of alkyl halides is 1. The predicted molar refractivity (Wildman–Crippen MR) is 75.8 cm³/mol. The minimum absolute atomic E-state index is 0.349. The Bertz CT molecular complexity index is 282. The summed E-state index contributed by atoms with van der Waals surface area (Å²) in [6.45, 7) is 3.78. The smallest absolute Gasteiger partial charge is 0.222 e. The normalized spacial score (nSPS) is 29.8. The van der Waals surface area contributed by atoms with Crippen LogP contribution in [0.5, 0.6) is 0 Å². The van der Waals surface area contributed by atoms with Gasteiger partial charge >= 0.3 is 0 Å². The van der Waals surface area contributed by atoms with Gasteiger partial charge < -0.3 is 4.90 Å². The Morgan fingerprint density at radius 3 is 2.67 bits per heavy atom. The second-order valence-corrected chi connectivity index (χ2v) is 6.44. The van der Waals surface area contributed by atoms with Crippen LogP contribution in [0.15, 0.2) is 0 Å². The van der Waals surface area contributed by atoms with Crippen molar-refractivity contribution in [2.24, 2.45) is 17.8 Å². The lowest BCUT2D eigenvalue weighted by atomic mass is 9.86. The van der Waals surface area contributed by atoms with Gasteiger partial charge in [0.05, 0.1) is 0 Å². The van der Waals surface area contributed by atoms with Gasteiger partial charge in [0.1, 0.15) is 0 Å². The molecule has 0 aromatic carbocycles. The lowest BCUT2D eigenvalue weighted by Gasteiger charge is -2.26. The molecular weight excluding hydrogens is 246 g/mol. The molecule has 0 radical (unpaired) electrons. The summed E-state index contributed by atoms with van der Waals surface area (Å²) in [6.07, 6.45) is 8.49. The number of nitrogens with zero attached hydrogens (tertiary/aromatic N) is 1. The summed E-state index contributed by atoms with van der Waals surface area (Å²) in [7, 11) is 0. The average Bonchev–Trinajstić information content (AvgIpc) is 2.96. The first kappa shape index (κ1) is 14.2. The van der Waals surface area contributed by atoms with Crippen LogP contribution in [0.25, 0.3) is 0 Å². The average molecular weight is 272 g/mol. The molecule has 0 aliphatic heterocycles. The number of hydrogen-bond donors (Lipinski definition) is 0. The first-order valence-electron chi connectivity index (χ1n) is 7.58. The molecule has 3 unspecified atom stereocenters. The van der Waals surface area contributed by atoms with Gasteiger partial charge in [-0.2, -0.15) is 0 Å². The van der Waals surface area contributed by atoms with E-state index in [1.807, 2.05) is 4.90 Å². The molecule has 18 heavy (non-hydrogen) atoms. The van der Waals surface area contributed by atoms with Gasteiger partial charge in [0.15, 0.2) is 0 Å². The first-order chi connectivity index (χ1) is 8.74. The molecule has 104 valence electrons. The minimum Gasteiger partial charge on any atom is -0.342 e. The lowest BCUT2D eigenvalue weighted by molar-refractivity contribution is -0.132. The number of unbranched alkanes of at least 4 members (excludes halogenated alkanes) is 1. The first-order valence-corrected chi connectivity index (χ1v) is 8.11. The number of rotatable bonds is 7. The molecule has 2 fully saturated rings. The maximum absolute atomic E-state index is 12.3. The van der Waals surface area contributed by atoms with E-state index in [0.717, 1.165) is 44.2 Å². The molecule has 2 nitrogen and oxygen atoms in total. The highest BCUT2D eigenvalue weighted by molar-refractivity contribution is 6.18. The van der Waals surface area contributed by atoms with Gasteiger partial charge in [-0.3, -0.25) is 4.79 Å². The maximum Gasteiger partial charge on any atom is 0.222 e. The third-order valence-electron chi connectivity index (χ3n) is 4.81. The zero-order valence-electron chi connectivity index (χ0n) is 11.5. The molecule has 2 saturated carbocycles. The largest absolute Gasteiger partial charge is 0.342 e. The number of hydrogen-bond acceptors (Lipinski definition) is 1. The van der Waals surface area contributed by atoms with E-state index in [-0.39, 0.29) is 0 Å². The van der Waals surface area contributed by atoms with E-state index in [1.165, 1.54) is 25.7 Å². The van der Waals surface area contributed by atoms with Crippen LogP contribution in [0.4, 0.5) is 0 Å². The monoisotopic (exact) mass is 271 g/mol. The van der Waals surface area contributed by atoms with E-state index in [4.69, 9.17) is 11.6 Å². The van der Waals surface area contributed by atoms with Gasteiger partial charge in [0, 0.05) is 25.4 Å². The van der Waals surface area contributed by atoms with E-state index < -0.39 is 0 Å². The van der Waals surface area contributed by atoms with Crippen LogP contribution in [0, 0.1) is 17.8 Å². The summed E-state index contributed by atoms with van der Waals surface area (Å²) in [6, 6.07) is 0. The molecule has 0 spiro atoms. The fraction of sp³-hybridized carbons (Fsp3) is 0.933. The summed E-state index contributed by atoms with van der Waals surface area (Å²) in [5.41, 5.74) is 0. The summed E-state index contributed by atoms with van der Waals surface area (Å²) in [5, 5.41) is 0. The van der Waals surface area contributed by atoms with Crippen molar-refractivity contribution in [2.45, 2.75) is 51.9 Å². The molecule has 0 aromatic heterocycles. The van der Waals surface area contributed by atoms with Gasteiger partial charge in [-0.05, 0) is 43.4 Å². The fourth-order valence-corrected chi connectivity index (χ4v) is 4.00. The summed E-state index contributed by atoms with van der Waals surface area (Å²) in [5.74, 6) is 3.37. The van der Waals surface area contributed by atoms with Gasteiger partial charge in [-0.25, -0.2) is 0 Å². The quantitative estimate of drug-likeness (QED) is 0.647. The van der Waals surface area contributed by atoms with Crippen molar-refractivity contribution < 1.29 is 4.79 Å². The number of carbonyl (C=O) groups is 1. The highest BCUT2D eigenvalue weighted by Gasteiger charge is 2.40. The third kappa shape index (κ3) is 3.40. The molecule has 2 aliphatic rings. The second kappa shape index (κ2) is 6.79. The van der Waals surface area contributed by atoms with Crippen molar-refractivity contribution in [3.05, 3.63) is 0 Å². The van der Waals surface area contributed by atoms with E-state index >= 15 is 0 Å². The Kier molecular flexibility index (Phi) is 5.35. The SMILES string of the molecule is CCCCN(CCCl)C(=O)CC1CC2CCC1C2. The maximum atomic E-state index is 12.3. The lowest BCUT2D eigenvalue weighted by Crippen LogP contribution is -2.35. The zero-order valence-corrected chi connectivity index (χ0v) is 12.3. The molecular formula is C15H26ClNO. The molecule has 2 bridgehead atoms. The summed E-state index contributed by atoms with van der Waals surface area (Å²) < 4.78 is 0. The zero-order chi connectivity index (χ0) is 13.0. The van der Waals surface area contributed by atoms with Gasteiger partial charge in [-0.1, -0.05) is 19.8 Å². The molecule has 2 aliphatic carbocycles. The van der Waals surface area contributed by atoms with E-state index in [1.54, 1.807) is 0 Å².